The minimum absolute atomic E-state index is 0.323. The average molecular weight is 334 g/mol. The number of hydrogen-bond donors (Lipinski definition) is 0. The first-order valence-electron chi connectivity index (χ1n) is 6.52. The molecule has 0 radical (unpaired) electrons. The fourth-order valence-electron chi connectivity index (χ4n) is 2.17. The summed E-state index contributed by atoms with van der Waals surface area (Å²) in [5.74, 6) is 0.122. The summed E-state index contributed by atoms with van der Waals surface area (Å²) in [5, 5.41) is 0. The van der Waals surface area contributed by atoms with Crippen LogP contribution in [-0.2, 0) is 6.42 Å². The molecule has 3 aromatic rings. The molecule has 0 saturated heterocycles. The summed E-state index contributed by atoms with van der Waals surface area (Å²) in [7, 11) is 0. The lowest BCUT2D eigenvalue weighted by Crippen LogP contribution is -1.82. The van der Waals surface area contributed by atoms with Crippen molar-refractivity contribution in [2.45, 2.75) is 19.8 Å². The van der Waals surface area contributed by atoms with Crippen molar-refractivity contribution < 1.29 is 8.81 Å². The number of benzene rings is 2. The van der Waals surface area contributed by atoms with E-state index in [-0.39, 0.29) is 5.82 Å². The molecule has 4 heteroatoms. The first-order chi connectivity index (χ1) is 9.67. The average Bonchev–Trinajstić information content (AvgIpc) is 2.85. The minimum Gasteiger partial charge on any atom is -0.436 e. The second-order valence-electron chi connectivity index (χ2n) is 4.70. The van der Waals surface area contributed by atoms with Gasteiger partial charge in [-0.3, -0.25) is 0 Å². The third kappa shape index (κ3) is 2.48. The normalized spacial score (nSPS) is 11.2. The van der Waals surface area contributed by atoms with Gasteiger partial charge in [0.05, 0.1) is 4.47 Å². The van der Waals surface area contributed by atoms with E-state index in [0.717, 1.165) is 23.9 Å². The van der Waals surface area contributed by atoms with E-state index in [0.29, 0.717) is 15.9 Å². The Hall–Kier alpha value is -1.68. The molecule has 2 nitrogen and oxygen atoms in total. The first kappa shape index (κ1) is 13.3. The molecule has 0 amide bonds. The van der Waals surface area contributed by atoms with Crippen molar-refractivity contribution in [3.8, 4) is 11.5 Å². The molecule has 0 atom stereocenters. The van der Waals surface area contributed by atoms with Crippen LogP contribution in [0, 0.1) is 5.82 Å². The third-order valence-corrected chi connectivity index (χ3v) is 3.80. The van der Waals surface area contributed by atoms with Crippen LogP contribution in [0.15, 0.2) is 45.3 Å². The summed E-state index contributed by atoms with van der Waals surface area (Å²) in [6.07, 6.45) is 2.11. The van der Waals surface area contributed by atoms with Crippen molar-refractivity contribution in [1.82, 2.24) is 4.98 Å². The molecule has 2 aromatic carbocycles. The van der Waals surface area contributed by atoms with Crippen LogP contribution in [0.2, 0.25) is 0 Å². The Morgan fingerprint density at radius 3 is 2.80 bits per heavy atom. The van der Waals surface area contributed by atoms with Crippen LogP contribution in [0.25, 0.3) is 22.6 Å². The molecular weight excluding hydrogens is 321 g/mol. The highest BCUT2D eigenvalue weighted by Gasteiger charge is 2.10. The summed E-state index contributed by atoms with van der Waals surface area (Å²) < 4.78 is 19.7. The van der Waals surface area contributed by atoms with Gasteiger partial charge in [0, 0.05) is 5.56 Å². The van der Waals surface area contributed by atoms with Gasteiger partial charge in [-0.25, -0.2) is 9.37 Å². The lowest BCUT2D eigenvalue weighted by atomic mass is 10.1. The maximum atomic E-state index is 13.6. The van der Waals surface area contributed by atoms with Crippen LogP contribution in [0.4, 0.5) is 4.39 Å². The Labute approximate surface area is 124 Å². The van der Waals surface area contributed by atoms with Crippen LogP contribution in [-0.4, -0.2) is 4.98 Å². The van der Waals surface area contributed by atoms with Crippen LogP contribution in [0.1, 0.15) is 18.9 Å². The minimum atomic E-state index is -0.323. The number of halogens is 2. The molecule has 0 aliphatic carbocycles. The number of hydrogen-bond acceptors (Lipinski definition) is 2. The first-order valence-corrected chi connectivity index (χ1v) is 7.31. The maximum Gasteiger partial charge on any atom is 0.227 e. The van der Waals surface area contributed by atoms with Crippen LogP contribution >= 0.6 is 15.9 Å². The van der Waals surface area contributed by atoms with Gasteiger partial charge < -0.3 is 4.42 Å². The van der Waals surface area contributed by atoms with E-state index in [1.165, 1.54) is 11.6 Å². The summed E-state index contributed by atoms with van der Waals surface area (Å²) in [6, 6.07) is 10.9. The Morgan fingerprint density at radius 1 is 1.20 bits per heavy atom. The molecule has 0 aliphatic rings. The predicted octanol–water partition coefficient (Wildman–Crippen LogP) is 5.35. The van der Waals surface area contributed by atoms with E-state index in [1.807, 2.05) is 18.2 Å². The molecule has 0 spiro atoms. The zero-order valence-corrected chi connectivity index (χ0v) is 12.6. The molecule has 0 saturated carbocycles. The molecule has 0 N–H and O–H groups in total. The summed E-state index contributed by atoms with van der Waals surface area (Å²) in [6.45, 7) is 2.14. The second kappa shape index (κ2) is 5.37. The van der Waals surface area contributed by atoms with Crippen molar-refractivity contribution >= 4 is 27.0 Å². The van der Waals surface area contributed by atoms with Gasteiger partial charge in [0.15, 0.2) is 5.58 Å². The standard InChI is InChI=1S/C16H13BrFNO/c1-2-3-10-4-7-15-14(8-10)19-16(20-15)11-5-6-12(17)13(18)9-11/h4-9H,2-3H2,1H3. The lowest BCUT2D eigenvalue weighted by molar-refractivity contribution is 0.608. The summed E-state index contributed by atoms with van der Waals surface area (Å²) in [5.41, 5.74) is 3.42. The van der Waals surface area contributed by atoms with Gasteiger partial charge in [-0.1, -0.05) is 19.4 Å². The van der Waals surface area contributed by atoms with Gasteiger partial charge >= 0.3 is 0 Å². The molecule has 0 aliphatic heterocycles. The Bertz CT molecular complexity index is 766. The third-order valence-electron chi connectivity index (χ3n) is 3.16. The molecule has 1 heterocycles. The number of aryl methyl sites for hydroxylation is 1. The van der Waals surface area contributed by atoms with E-state index in [1.54, 1.807) is 12.1 Å². The van der Waals surface area contributed by atoms with Crippen LogP contribution < -0.4 is 0 Å². The molecule has 102 valence electrons. The van der Waals surface area contributed by atoms with E-state index >= 15 is 0 Å². The Kier molecular flexibility index (Phi) is 3.57. The van der Waals surface area contributed by atoms with Crippen molar-refractivity contribution in [2.75, 3.05) is 0 Å². The van der Waals surface area contributed by atoms with Crippen LogP contribution in [0.3, 0.4) is 0 Å². The van der Waals surface area contributed by atoms with Gasteiger partial charge in [-0.2, -0.15) is 0 Å². The Morgan fingerprint density at radius 2 is 2.05 bits per heavy atom. The zero-order chi connectivity index (χ0) is 14.1. The molecule has 3 rings (SSSR count). The smallest absolute Gasteiger partial charge is 0.227 e. The van der Waals surface area contributed by atoms with Crippen molar-refractivity contribution in [1.29, 1.82) is 0 Å². The predicted molar refractivity (Wildman–Crippen MR) is 81.1 cm³/mol. The molecule has 0 unspecified atom stereocenters. The highest BCUT2D eigenvalue weighted by molar-refractivity contribution is 9.10. The number of nitrogens with zero attached hydrogens (tertiary/aromatic N) is 1. The van der Waals surface area contributed by atoms with Gasteiger partial charge in [0.2, 0.25) is 5.89 Å². The highest BCUT2D eigenvalue weighted by atomic mass is 79.9. The van der Waals surface area contributed by atoms with Gasteiger partial charge in [-0.15, -0.1) is 0 Å². The summed E-state index contributed by atoms with van der Waals surface area (Å²) in [4.78, 5) is 4.45. The Balaban J connectivity index is 2.05. The summed E-state index contributed by atoms with van der Waals surface area (Å²) >= 11 is 3.14. The van der Waals surface area contributed by atoms with Crippen molar-refractivity contribution in [3.63, 3.8) is 0 Å². The molecule has 0 fully saturated rings. The molecule has 0 bridgehead atoms. The van der Waals surface area contributed by atoms with Crippen LogP contribution in [0.5, 0.6) is 0 Å². The topological polar surface area (TPSA) is 26.0 Å². The fourth-order valence-corrected chi connectivity index (χ4v) is 2.42. The van der Waals surface area contributed by atoms with Gasteiger partial charge in [-0.05, 0) is 58.2 Å². The SMILES string of the molecule is CCCc1ccc2oc(-c3ccc(Br)c(F)c3)nc2c1. The number of rotatable bonds is 3. The van der Waals surface area contributed by atoms with Crippen molar-refractivity contribution in [3.05, 3.63) is 52.3 Å². The monoisotopic (exact) mass is 333 g/mol. The number of aromatic nitrogens is 1. The van der Waals surface area contributed by atoms with Crippen molar-refractivity contribution in [2.24, 2.45) is 0 Å². The molecule has 20 heavy (non-hydrogen) atoms. The van der Waals surface area contributed by atoms with E-state index in [9.17, 15) is 4.39 Å². The fraction of sp³-hybridized carbons (Fsp3) is 0.188. The highest BCUT2D eigenvalue weighted by Crippen LogP contribution is 2.27. The van der Waals surface area contributed by atoms with E-state index in [4.69, 9.17) is 4.42 Å². The number of fused-ring (bicyclic) bond motifs is 1. The van der Waals surface area contributed by atoms with E-state index < -0.39 is 0 Å². The lowest BCUT2D eigenvalue weighted by Gasteiger charge is -1.97. The maximum absolute atomic E-state index is 13.6. The quantitative estimate of drug-likeness (QED) is 0.645. The second-order valence-corrected chi connectivity index (χ2v) is 5.55. The largest absolute Gasteiger partial charge is 0.436 e. The van der Waals surface area contributed by atoms with E-state index in [2.05, 4.69) is 27.8 Å². The number of oxazole rings is 1. The van der Waals surface area contributed by atoms with Gasteiger partial charge in [0.25, 0.3) is 0 Å². The zero-order valence-electron chi connectivity index (χ0n) is 11.0. The molecular formula is C16H13BrFNO. The van der Waals surface area contributed by atoms with Gasteiger partial charge in [0.1, 0.15) is 11.3 Å². The molecule has 1 aromatic heterocycles.